The summed E-state index contributed by atoms with van der Waals surface area (Å²) in [4.78, 5) is 28.0. The molecule has 0 fully saturated rings. The predicted octanol–water partition coefficient (Wildman–Crippen LogP) is 4.94. The van der Waals surface area contributed by atoms with Crippen LogP contribution >= 0.6 is 11.6 Å². The molecule has 1 aliphatic heterocycles. The summed E-state index contributed by atoms with van der Waals surface area (Å²) in [6, 6.07) is 9.51. The van der Waals surface area contributed by atoms with Crippen LogP contribution in [0.15, 0.2) is 56.2 Å². The fraction of sp³-hybridized carbons (Fsp3) is 0.136. The van der Waals surface area contributed by atoms with Crippen molar-refractivity contribution in [2.24, 2.45) is 0 Å². The lowest BCUT2D eigenvalue weighted by Crippen LogP contribution is -2.29. The van der Waals surface area contributed by atoms with Crippen molar-refractivity contribution in [1.82, 2.24) is 5.16 Å². The number of hydrogen-bond acceptors (Lipinski definition) is 5. The van der Waals surface area contributed by atoms with Crippen molar-refractivity contribution in [2.45, 2.75) is 19.9 Å². The van der Waals surface area contributed by atoms with Crippen molar-refractivity contribution in [3.63, 3.8) is 0 Å². The van der Waals surface area contributed by atoms with Gasteiger partial charge in [-0.25, -0.2) is 4.39 Å². The number of nitrogens with zero attached hydrogens (tertiary/aromatic N) is 2. The van der Waals surface area contributed by atoms with Crippen LogP contribution in [0.2, 0.25) is 5.02 Å². The van der Waals surface area contributed by atoms with Crippen LogP contribution in [0.5, 0.6) is 0 Å². The zero-order valence-electron chi connectivity index (χ0n) is 15.9. The van der Waals surface area contributed by atoms with Gasteiger partial charge in [-0.05, 0) is 49.2 Å². The number of benzene rings is 2. The molecule has 2 aromatic carbocycles. The SMILES string of the molecule is Cc1cc(N2C(=O)c3oc4cc(C)c(Cl)cc4c(=O)c3[C@H]2c2cccc(F)c2)no1. The highest BCUT2D eigenvalue weighted by Gasteiger charge is 2.45. The number of aromatic nitrogens is 1. The van der Waals surface area contributed by atoms with Gasteiger partial charge < -0.3 is 8.94 Å². The molecule has 30 heavy (non-hydrogen) atoms. The number of hydrogen-bond donors (Lipinski definition) is 0. The first kappa shape index (κ1) is 18.6. The average Bonchev–Trinajstić information content (AvgIpc) is 3.25. The standard InChI is InChI=1S/C22H14ClFN2O4/c1-10-6-16-14(9-15(10)23)20(27)18-19(12-4-3-5-13(24)8-12)26(22(28)21(18)29-16)17-7-11(2)30-25-17/h3-9,19H,1-2H3/t19-/m1/s1. The third-order valence-electron chi connectivity index (χ3n) is 5.18. The number of halogens is 2. The molecule has 1 aliphatic rings. The zero-order chi connectivity index (χ0) is 21.2. The number of carbonyl (C=O) groups excluding carboxylic acids is 1. The lowest BCUT2D eigenvalue weighted by molar-refractivity contribution is 0.0969. The molecule has 0 saturated carbocycles. The quantitative estimate of drug-likeness (QED) is 0.455. The molecule has 1 atom stereocenters. The Bertz CT molecular complexity index is 1410. The van der Waals surface area contributed by atoms with E-state index in [0.29, 0.717) is 21.9 Å². The maximum Gasteiger partial charge on any atom is 0.296 e. The second-order valence-corrected chi connectivity index (χ2v) is 7.61. The number of anilines is 1. The summed E-state index contributed by atoms with van der Waals surface area (Å²) < 4.78 is 25.0. The molecule has 0 aliphatic carbocycles. The Morgan fingerprint density at radius 3 is 2.63 bits per heavy atom. The van der Waals surface area contributed by atoms with Gasteiger partial charge in [0.15, 0.2) is 11.2 Å². The molecule has 0 N–H and O–H groups in total. The van der Waals surface area contributed by atoms with Crippen LogP contribution in [0.4, 0.5) is 10.2 Å². The fourth-order valence-corrected chi connectivity index (χ4v) is 3.95. The normalized spacial score (nSPS) is 15.8. The molecular weight excluding hydrogens is 411 g/mol. The molecule has 0 saturated heterocycles. The Kier molecular flexibility index (Phi) is 4.04. The fourth-order valence-electron chi connectivity index (χ4n) is 3.79. The molecule has 0 radical (unpaired) electrons. The molecule has 4 aromatic rings. The summed E-state index contributed by atoms with van der Waals surface area (Å²) in [5.74, 6) is -0.466. The Morgan fingerprint density at radius 1 is 1.13 bits per heavy atom. The summed E-state index contributed by atoms with van der Waals surface area (Å²) >= 11 is 6.21. The van der Waals surface area contributed by atoms with Gasteiger partial charge in [-0.3, -0.25) is 14.5 Å². The minimum atomic E-state index is -0.923. The van der Waals surface area contributed by atoms with Crippen LogP contribution in [-0.2, 0) is 0 Å². The predicted molar refractivity (Wildman–Crippen MR) is 109 cm³/mol. The van der Waals surface area contributed by atoms with Gasteiger partial charge in [-0.1, -0.05) is 28.9 Å². The number of carbonyl (C=O) groups is 1. The van der Waals surface area contributed by atoms with Gasteiger partial charge in [-0.15, -0.1) is 0 Å². The van der Waals surface area contributed by atoms with Crippen LogP contribution in [0.3, 0.4) is 0 Å². The maximum absolute atomic E-state index is 14.0. The maximum atomic E-state index is 14.0. The summed E-state index contributed by atoms with van der Waals surface area (Å²) in [6.45, 7) is 3.46. The summed E-state index contributed by atoms with van der Waals surface area (Å²) in [5, 5.41) is 4.58. The first-order chi connectivity index (χ1) is 14.3. The van der Waals surface area contributed by atoms with E-state index < -0.39 is 23.2 Å². The van der Waals surface area contributed by atoms with Gasteiger partial charge in [-0.2, -0.15) is 0 Å². The Morgan fingerprint density at radius 2 is 1.93 bits per heavy atom. The van der Waals surface area contributed by atoms with Crippen molar-refractivity contribution in [1.29, 1.82) is 0 Å². The second kappa shape index (κ2) is 6.53. The molecule has 6 nitrogen and oxygen atoms in total. The van der Waals surface area contributed by atoms with Crippen LogP contribution in [-0.4, -0.2) is 11.1 Å². The van der Waals surface area contributed by atoms with Crippen molar-refractivity contribution in [3.05, 3.63) is 91.7 Å². The third-order valence-corrected chi connectivity index (χ3v) is 5.59. The molecule has 0 bridgehead atoms. The third kappa shape index (κ3) is 2.66. The van der Waals surface area contributed by atoms with Gasteiger partial charge in [0.25, 0.3) is 5.91 Å². The first-order valence-electron chi connectivity index (χ1n) is 9.14. The van der Waals surface area contributed by atoms with Gasteiger partial charge in [0.2, 0.25) is 5.76 Å². The highest BCUT2D eigenvalue weighted by molar-refractivity contribution is 6.32. The van der Waals surface area contributed by atoms with Crippen molar-refractivity contribution in [3.8, 4) is 0 Å². The lowest BCUT2D eigenvalue weighted by atomic mass is 9.98. The van der Waals surface area contributed by atoms with E-state index >= 15 is 0 Å². The van der Waals surface area contributed by atoms with Crippen LogP contribution in [0.25, 0.3) is 11.0 Å². The van der Waals surface area contributed by atoms with E-state index in [0.717, 1.165) is 0 Å². The molecule has 8 heteroatoms. The number of fused-ring (bicyclic) bond motifs is 2. The molecule has 2 aromatic heterocycles. The highest BCUT2D eigenvalue weighted by atomic mass is 35.5. The molecule has 0 unspecified atom stereocenters. The summed E-state index contributed by atoms with van der Waals surface area (Å²) in [7, 11) is 0. The minimum Gasteiger partial charge on any atom is -0.450 e. The number of rotatable bonds is 2. The summed E-state index contributed by atoms with van der Waals surface area (Å²) in [5.41, 5.74) is 1.08. The number of amides is 1. The molecule has 0 spiro atoms. The first-order valence-corrected chi connectivity index (χ1v) is 9.52. The van der Waals surface area contributed by atoms with Crippen molar-refractivity contribution >= 4 is 34.3 Å². The summed E-state index contributed by atoms with van der Waals surface area (Å²) in [6.07, 6.45) is 0. The van der Waals surface area contributed by atoms with Crippen molar-refractivity contribution < 1.29 is 18.1 Å². The lowest BCUT2D eigenvalue weighted by Gasteiger charge is -2.22. The van der Waals surface area contributed by atoms with E-state index in [1.54, 1.807) is 32.0 Å². The average molecular weight is 425 g/mol. The smallest absolute Gasteiger partial charge is 0.296 e. The molecule has 1 amide bonds. The highest BCUT2D eigenvalue weighted by Crippen LogP contribution is 2.41. The van der Waals surface area contributed by atoms with E-state index in [2.05, 4.69) is 5.16 Å². The van der Waals surface area contributed by atoms with Gasteiger partial charge in [0, 0.05) is 11.1 Å². The van der Waals surface area contributed by atoms with E-state index in [1.165, 1.54) is 29.2 Å². The van der Waals surface area contributed by atoms with Crippen LogP contribution < -0.4 is 10.3 Å². The molecular formula is C22H14ClFN2O4. The van der Waals surface area contributed by atoms with E-state index in [-0.39, 0.29) is 28.1 Å². The topological polar surface area (TPSA) is 76.6 Å². The van der Waals surface area contributed by atoms with Crippen LogP contribution in [0, 0.1) is 19.7 Å². The minimum absolute atomic E-state index is 0.107. The molecule has 5 rings (SSSR count). The largest absolute Gasteiger partial charge is 0.450 e. The Hall–Kier alpha value is -3.45. The van der Waals surface area contributed by atoms with E-state index in [4.69, 9.17) is 20.5 Å². The second-order valence-electron chi connectivity index (χ2n) is 7.20. The molecule has 3 heterocycles. The van der Waals surface area contributed by atoms with Crippen LogP contribution in [0.1, 0.15) is 39.0 Å². The Balaban J connectivity index is 1.84. The monoisotopic (exact) mass is 424 g/mol. The van der Waals surface area contributed by atoms with E-state index in [9.17, 15) is 14.0 Å². The van der Waals surface area contributed by atoms with Gasteiger partial charge >= 0.3 is 0 Å². The Labute approximate surface area is 174 Å². The zero-order valence-corrected chi connectivity index (χ0v) is 16.7. The van der Waals surface area contributed by atoms with Gasteiger partial charge in [0.1, 0.15) is 17.2 Å². The van der Waals surface area contributed by atoms with Gasteiger partial charge in [0.05, 0.1) is 17.0 Å². The van der Waals surface area contributed by atoms with E-state index in [1.807, 2.05) is 0 Å². The molecule has 150 valence electrons. The number of aryl methyl sites for hydroxylation is 2. The van der Waals surface area contributed by atoms with Crippen molar-refractivity contribution in [2.75, 3.05) is 4.90 Å².